The summed E-state index contributed by atoms with van der Waals surface area (Å²) in [5.74, 6) is 2.15. The fourth-order valence-electron chi connectivity index (χ4n) is 6.91. The Balaban J connectivity index is 1.11. The zero-order valence-corrected chi connectivity index (χ0v) is 31.3. The standard InChI is InChI=1S/C41H54N8O5/c1-51-33-16-12-31(13-17-33)41(30-10-4-3-5-11-30,32-14-18-34(52-2)19-15-32)53-27-36-35(50)26-37(54-36)49-29-48-38-39(46-28-47-40(38)49)45-25-9-24-44-22-7-6-21-43-23-8-20-42/h3-5,10-19,28-29,35-37,43-44,50H,6-9,20-27,42H2,1-2H3,(H,45,46,47)/t35-,36+,37+/m0/s1. The van der Waals surface area contributed by atoms with Gasteiger partial charge < -0.3 is 45.7 Å². The lowest BCUT2D eigenvalue weighted by molar-refractivity contribution is -0.0931. The van der Waals surface area contributed by atoms with Crippen LogP contribution in [0, 0.1) is 0 Å². The van der Waals surface area contributed by atoms with Gasteiger partial charge in [0.1, 0.15) is 35.8 Å². The molecular weight excluding hydrogens is 685 g/mol. The number of hydrogen-bond acceptors (Lipinski definition) is 12. The SMILES string of the molecule is COc1ccc(C(OC[C@H]2O[C@@H](n3cnc4c(NCCCNCCCCNCCCN)ncnc43)C[C@@H]2O)(c2ccccc2)c2ccc(OC)cc2)cc1. The first-order valence-corrected chi connectivity index (χ1v) is 18.9. The Morgan fingerprint density at radius 1 is 0.778 bits per heavy atom. The van der Waals surface area contributed by atoms with E-state index in [0.717, 1.165) is 93.1 Å². The number of rotatable bonds is 22. The summed E-state index contributed by atoms with van der Waals surface area (Å²) in [6.07, 6.45) is 5.95. The molecule has 6 N–H and O–H groups in total. The quantitative estimate of drug-likeness (QED) is 0.0496. The van der Waals surface area contributed by atoms with Crippen LogP contribution in [0.4, 0.5) is 5.82 Å². The molecule has 54 heavy (non-hydrogen) atoms. The van der Waals surface area contributed by atoms with Gasteiger partial charge in [0, 0.05) is 13.0 Å². The molecule has 1 saturated heterocycles. The molecule has 1 aliphatic rings. The number of nitrogens with zero attached hydrogens (tertiary/aromatic N) is 4. The van der Waals surface area contributed by atoms with Crippen molar-refractivity contribution in [2.45, 2.75) is 56.1 Å². The minimum atomic E-state index is -1.03. The molecule has 2 aromatic heterocycles. The lowest BCUT2D eigenvalue weighted by atomic mass is 9.80. The number of benzene rings is 3. The van der Waals surface area contributed by atoms with Gasteiger partial charge in [-0.2, -0.15) is 0 Å². The van der Waals surface area contributed by atoms with Crippen LogP contribution < -0.4 is 31.2 Å². The van der Waals surface area contributed by atoms with E-state index in [1.807, 2.05) is 71.3 Å². The predicted octanol–water partition coefficient (Wildman–Crippen LogP) is 4.61. The molecule has 5 aromatic rings. The fraction of sp³-hybridized carbons (Fsp3) is 0.439. The summed E-state index contributed by atoms with van der Waals surface area (Å²) < 4.78 is 26.4. The van der Waals surface area contributed by atoms with Gasteiger partial charge in [-0.3, -0.25) is 4.57 Å². The zero-order valence-electron chi connectivity index (χ0n) is 31.3. The molecular formula is C41H54N8O5. The molecule has 0 bridgehead atoms. The third-order valence-electron chi connectivity index (χ3n) is 9.85. The lowest BCUT2D eigenvalue weighted by Gasteiger charge is -2.37. The second-order valence-corrected chi connectivity index (χ2v) is 13.4. The highest BCUT2D eigenvalue weighted by Gasteiger charge is 2.42. The summed E-state index contributed by atoms with van der Waals surface area (Å²) in [6, 6.07) is 25.8. The molecule has 3 heterocycles. The number of fused-ring (bicyclic) bond motifs is 1. The van der Waals surface area contributed by atoms with Gasteiger partial charge >= 0.3 is 0 Å². The highest BCUT2D eigenvalue weighted by atomic mass is 16.6. The van der Waals surface area contributed by atoms with Crippen molar-refractivity contribution in [1.82, 2.24) is 30.2 Å². The Hall–Kier alpha value is -4.63. The Labute approximate surface area is 317 Å². The molecule has 0 radical (unpaired) electrons. The van der Waals surface area contributed by atoms with Gasteiger partial charge in [-0.15, -0.1) is 0 Å². The summed E-state index contributed by atoms with van der Waals surface area (Å²) in [7, 11) is 3.30. The number of ether oxygens (including phenoxy) is 4. The zero-order chi connectivity index (χ0) is 37.6. The van der Waals surface area contributed by atoms with Crippen molar-refractivity contribution < 1.29 is 24.1 Å². The van der Waals surface area contributed by atoms with Crippen LogP contribution in [0.5, 0.6) is 11.5 Å². The number of unbranched alkanes of at least 4 members (excludes halogenated alkanes) is 1. The van der Waals surface area contributed by atoms with Crippen LogP contribution in [0.1, 0.15) is 55.0 Å². The molecule has 0 aliphatic carbocycles. The molecule has 3 aromatic carbocycles. The first-order valence-electron chi connectivity index (χ1n) is 18.9. The minimum Gasteiger partial charge on any atom is -0.497 e. The van der Waals surface area contributed by atoms with Gasteiger partial charge in [0.25, 0.3) is 0 Å². The van der Waals surface area contributed by atoms with Crippen LogP contribution in [0.2, 0.25) is 0 Å². The number of nitrogens with two attached hydrogens (primary N) is 1. The maximum atomic E-state index is 11.4. The van der Waals surface area contributed by atoms with Crippen molar-refractivity contribution in [1.29, 1.82) is 0 Å². The van der Waals surface area contributed by atoms with Crippen LogP contribution in [0.15, 0.2) is 91.5 Å². The van der Waals surface area contributed by atoms with Crippen molar-refractivity contribution in [3.63, 3.8) is 0 Å². The fourth-order valence-corrected chi connectivity index (χ4v) is 6.91. The second kappa shape index (κ2) is 19.6. The van der Waals surface area contributed by atoms with Crippen molar-refractivity contribution in [3.05, 3.63) is 108 Å². The van der Waals surface area contributed by atoms with E-state index in [-0.39, 0.29) is 6.61 Å². The second-order valence-electron chi connectivity index (χ2n) is 13.4. The maximum Gasteiger partial charge on any atom is 0.167 e. The largest absolute Gasteiger partial charge is 0.497 e. The maximum absolute atomic E-state index is 11.4. The molecule has 0 amide bonds. The molecule has 0 unspecified atom stereocenters. The Morgan fingerprint density at radius 3 is 2.02 bits per heavy atom. The first-order chi connectivity index (χ1) is 26.6. The topological polar surface area (TPSA) is 163 Å². The van der Waals surface area contributed by atoms with E-state index in [1.165, 1.54) is 6.33 Å². The Kier molecular flexibility index (Phi) is 14.2. The molecule has 13 heteroatoms. The summed E-state index contributed by atoms with van der Waals surface area (Å²) in [5.41, 5.74) is 8.53. The van der Waals surface area contributed by atoms with Gasteiger partial charge in [0.2, 0.25) is 0 Å². The number of methoxy groups -OCH3 is 2. The van der Waals surface area contributed by atoms with E-state index >= 15 is 0 Å². The number of aliphatic hydroxyl groups excluding tert-OH is 1. The lowest BCUT2D eigenvalue weighted by Crippen LogP contribution is -2.38. The monoisotopic (exact) mass is 738 g/mol. The van der Waals surface area contributed by atoms with Gasteiger partial charge in [0.15, 0.2) is 17.0 Å². The number of aromatic nitrogens is 4. The third kappa shape index (κ3) is 9.35. The molecule has 288 valence electrons. The number of aliphatic hydroxyl groups is 1. The number of anilines is 1. The van der Waals surface area contributed by atoms with Crippen LogP contribution in [-0.2, 0) is 15.1 Å². The number of nitrogens with one attached hydrogen (secondary N) is 3. The molecule has 0 saturated carbocycles. The summed E-state index contributed by atoms with van der Waals surface area (Å²) in [4.78, 5) is 13.7. The highest BCUT2D eigenvalue weighted by molar-refractivity contribution is 5.82. The molecule has 6 rings (SSSR count). The molecule has 1 fully saturated rings. The minimum absolute atomic E-state index is 0.110. The van der Waals surface area contributed by atoms with E-state index < -0.39 is 24.0 Å². The molecule has 0 spiro atoms. The number of hydrogen-bond donors (Lipinski definition) is 5. The predicted molar refractivity (Wildman–Crippen MR) is 210 cm³/mol. The van der Waals surface area contributed by atoms with Gasteiger partial charge in [-0.1, -0.05) is 54.6 Å². The Bertz CT molecular complexity index is 1790. The van der Waals surface area contributed by atoms with Crippen LogP contribution in [-0.4, -0.2) is 96.9 Å². The van der Waals surface area contributed by atoms with Crippen molar-refractivity contribution >= 4 is 17.0 Å². The van der Waals surface area contributed by atoms with Crippen LogP contribution >= 0.6 is 0 Å². The third-order valence-corrected chi connectivity index (χ3v) is 9.85. The normalized spacial score (nSPS) is 17.2. The van der Waals surface area contributed by atoms with E-state index in [9.17, 15) is 5.11 Å². The Morgan fingerprint density at radius 2 is 1.39 bits per heavy atom. The van der Waals surface area contributed by atoms with E-state index in [4.69, 9.17) is 24.7 Å². The van der Waals surface area contributed by atoms with E-state index in [0.29, 0.717) is 23.4 Å². The van der Waals surface area contributed by atoms with Gasteiger partial charge in [-0.05, 0) is 99.4 Å². The summed E-state index contributed by atoms with van der Waals surface area (Å²) in [6.45, 7) is 5.52. The average Bonchev–Trinajstić information content (AvgIpc) is 3.82. The first kappa shape index (κ1) is 39.1. The molecule has 1 aliphatic heterocycles. The van der Waals surface area contributed by atoms with E-state index in [2.05, 4.69) is 43.0 Å². The van der Waals surface area contributed by atoms with Crippen molar-refractivity contribution in [2.75, 3.05) is 65.4 Å². The summed E-state index contributed by atoms with van der Waals surface area (Å²) in [5, 5.41) is 21.7. The van der Waals surface area contributed by atoms with Gasteiger partial charge in [-0.25, -0.2) is 15.0 Å². The van der Waals surface area contributed by atoms with Crippen LogP contribution in [0.25, 0.3) is 11.2 Å². The smallest absolute Gasteiger partial charge is 0.167 e. The summed E-state index contributed by atoms with van der Waals surface area (Å²) >= 11 is 0. The highest BCUT2D eigenvalue weighted by Crippen LogP contribution is 2.43. The average molecular weight is 739 g/mol. The van der Waals surface area contributed by atoms with Crippen molar-refractivity contribution in [2.24, 2.45) is 5.73 Å². The van der Waals surface area contributed by atoms with Crippen molar-refractivity contribution in [3.8, 4) is 11.5 Å². The molecule has 3 atom stereocenters. The number of imidazole rings is 1. The van der Waals surface area contributed by atoms with Gasteiger partial charge in [0.05, 0.1) is 33.3 Å². The van der Waals surface area contributed by atoms with E-state index in [1.54, 1.807) is 20.5 Å². The van der Waals surface area contributed by atoms with Crippen LogP contribution in [0.3, 0.4) is 0 Å². The molecule has 13 nitrogen and oxygen atoms in total.